The fourth-order valence-electron chi connectivity index (χ4n) is 5.50. The van der Waals surface area contributed by atoms with Crippen molar-refractivity contribution < 1.29 is 22.7 Å². The number of amides is 1. The predicted octanol–water partition coefficient (Wildman–Crippen LogP) is 4.87. The second-order valence-corrected chi connectivity index (χ2v) is 10.9. The summed E-state index contributed by atoms with van der Waals surface area (Å²) < 4.78 is 47.3. The van der Waals surface area contributed by atoms with Crippen LogP contribution in [0.3, 0.4) is 0 Å². The second-order valence-electron chi connectivity index (χ2n) is 10.9. The Labute approximate surface area is 237 Å². The highest BCUT2D eigenvalue weighted by Crippen LogP contribution is 2.43. The first-order valence-electron chi connectivity index (χ1n) is 13.4. The summed E-state index contributed by atoms with van der Waals surface area (Å²) >= 11 is 0. The molecule has 0 spiro atoms. The highest BCUT2D eigenvalue weighted by molar-refractivity contribution is 6.07. The first-order valence-corrected chi connectivity index (χ1v) is 13.4. The summed E-state index contributed by atoms with van der Waals surface area (Å²) in [5.74, 6) is 0.0723. The van der Waals surface area contributed by atoms with Crippen LogP contribution in [0.4, 0.5) is 42.0 Å². The molecule has 218 valence electrons. The lowest BCUT2D eigenvalue weighted by atomic mass is 9.83. The number of anilines is 5. The van der Waals surface area contributed by atoms with Crippen LogP contribution in [0.1, 0.15) is 30.5 Å². The summed E-state index contributed by atoms with van der Waals surface area (Å²) in [5.41, 5.74) is 1.98. The van der Waals surface area contributed by atoms with Crippen molar-refractivity contribution in [3.63, 3.8) is 0 Å². The molecule has 12 heteroatoms. The summed E-state index contributed by atoms with van der Waals surface area (Å²) in [4.78, 5) is 27.1. The van der Waals surface area contributed by atoms with Gasteiger partial charge in [0.05, 0.1) is 18.2 Å². The number of ether oxygens (including phenoxy) is 1. The average Bonchev–Trinajstić information content (AvgIpc) is 3.12. The van der Waals surface area contributed by atoms with E-state index in [0.717, 1.165) is 49.3 Å². The van der Waals surface area contributed by atoms with Crippen molar-refractivity contribution in [1.82, 2.24) is 14.9 Å². The standard InChI is InChI=1S/C29H34F3N7O2/c1-28(2)24-18(7-6-8-22(24)38(4)26(28)40)16-33-25-20(29(30,31)32)17-34-27(36-25)35-21-10-9-19(15-23(21)41-5)39-13-11-37(3)12-14-39/h6-10,15,17H,11-14,16H2,1-5H3,(H2,33,34,35,36). The van der Waals surface area contributed by atoms with E-state index in [1.807, 2.05) is 38.1 Å². The summed E-state index contributed by atoms with van der Waals surface area (Å²) in [6.45, 7) is 7.35. The Morgan fingerprint density at radius 2 is 1.80 bits per heavy atom. The van der Waals surface area contributed by atoms with Crippen molar-refractivity contribution in [2.24, 2.45) is 0 Å². The third-order valence-corrected chi connectivity index (χ3v) is 7.79. The number of alkyl halides is 3. The van der Waals surface area contributed by atoms with Gasteiger partial charge in [-0.3, -0.25) is 4.79 Å². The minimum atomic E-state index is -4.67. The average molecular weight is 570 g/mol. The molecule has 3 aromatic rings. The molecule has 2 N–H and O–H groups in total. The normalized spacial score (nSPS) is 17.0. The highest BCUT2D eigenvalue weighted by atomic mass is 19.4. The molecule has 0 aliphatic carbocycles. The van der Waals surface area contributed by atoms with Crippen molar-refractivity contribution in [2.45, 2.75) is 32.0 Å². The molecule has 0 unspecified atom stereocenters. The maximum absolute atomic E-state index is 13.9. The summed E-state index contributed by atoms with van der Waals surface area (Å²) in [6, 6.07) is 11.1. The fraction of sp³-hybridized carbons (Fsp3) is 0.414. The van der Waals surface area contributed by atoms with Gasteiger partial charge >= 0.3 is 6.18 Å². The van der Waals surface area contributed by atoms with Crippen molar-refractivity contribution in [1.29, 1.82) is 0 Å². The Balaban J connectivity index is 1.41. The largest absolute Gasteiger partial charge is 0.494 e. The molecular weight excluding hydrogens is 535 g/mol. The number of hydrogen-bond acceptors (Lipinski definition) is 8. The Kier molecular flexibility index (Phi) is 7.45. The van der Waals surface area contributed by atoms with E-state index in [0.29, 0.717) is 17.0 Å². The van der Waals surface area contributed by atoms with Crippen LogP contribution in [0.15, 0.2) is 42.6 Å². The molecule has 1 fully saturated rings. The molecule has 0 saturated carbocycles. The van der Waals surface area contributed by atoms with E-state index in [1.165, 1.54) is 7.11 Å². The number of hydrogen-bond donors (Lipinski definition) is 2. The van der Waals surface area contributed by atoms with Gasteiger partial charge in [0.15, 0.2) is 0 Å². The molecule has 0 radical (unpaired) electrons. The summed E-state index contributed by atoms with van der Waals surface area (Å²) in [5, 5.41) is 5.87. The topological polar surface area (TPSA) is 85.9 Å². The van der Waals surface area contributed by atoms with Gasteiger partial charge in [-0.05, 0) is 50.2 Å². The molecule has 2 aliphatic rings. The monoisotopic (exact) mass is 569 g/mol. The highest BCUT2D eigenvalue weighted by Gasteiger charge is 2.43. The molecule has 3 heterocycles. The van der Waals surface area contributed by atoms with E-state index >= 15 is 0 Å². The van der Waals surface area contributed by atoms with Crippen LogP contribution in [0.5, 0.6) is 5.75 Å². The Morgan fingerprint density at radius 1 is 1.07 bits per heavy atom. The zero-order valence-corrected chi connectivity index (χ0v) is 23.8. The van der Waals surface area contributed by atoms with E-state index in [2.05, 4.69) is 37.4 Å². The number of benzene rings is 2. The van der Waals surface area contributed by atoms with Crippen molar-refractivity contribution in [3.05, 3.63) is 59.3 Å². The van der Waals surface area contributed by atoms with E-state index in [-0.39, 0.29) is 24.2 Å². The number of likely N-dealkylation sites (N-methyl/N-ethyl adjacent to an activating group) is 2. The van der Waals surface area contributed by atoms with Gasteiger partial charge in [-0.2, -0.15) is 18.2 Å². The van der Waals surface area contributed by atoms with Gasteiger partial charge < -0.3 is 30.1 Å². The van der Waals surface area contributed by atoms with Crippen molar-refractivity contribution in [2.75, 3.05) is 67.8 Å². The van der Waals surface area contributed by atoms with E-state index in [1.54, 1.807) is 24.1 Å². The molecule has 2 aliphatic heterocycles. The predicted molar refractivity (Wildman–Crippen MR) is 153 cm³/mol. The third kappa shape index (κ3) is 5.48. The molecule has 41 heavy (non-hydrogen) atoms. The summed E-state index contributed by atoms with van der Waals surface area (Å²) in [6.07, 6.45) is -3.91. The Bertz CT molecular complexity index is 1450. The smallest absolute Gasteiger partial charge is 0.421 e. The number of methoxy groups -OCH3 is 1. The van der Waals surface area contributed by atoms with Crippen LogP contribution >= 0.6 is 0 Å². The number of fused-ring (bicyclic) bond motifs is 1. The maximum atomic E-state index is 13.9. The van der Waals surface area contributed by atoms with Crippen LogP contribution in [0.25, 0.3) is 0 Å². The van der Waals surface area contributed by atoms with Crippen LogP contribution in [-0.4, -0.2) is 68.2 Å². The molecule has 1 aromatic heterocycles. The van der Waals surface area contributed by atoms with Gasteiger partial charge in [-0.25, -0.2) is 4.98 Å². The number of rotatable bonds is 7. The van der Waals surface area contributed by atoms with Gasteiger partial charge in [0.1, 0.15) is 17.1 Å². The second kappa shape index (κ2) is 10.7. The number of carbonyl (C=O) groups is 1. The summed E-state index contributed by atoms with van der Waals surface area (Å²) in [7, 11) is 5.32. The van der Waals surface area contributed by atoms with Crippen molar-refractivity contribution >= 4 is 34.7 Å². The Morgan fingerprint density at radius 3 is 2.49 bits per heavy atom. The SMILES string of the molecule is COc1cc(N2CCN(C)CC2)ccc1Nc1ncc(C(F)(F)F)c(NCc2cccc3c2C(C)(C)C(=O)N3C)n1. The maximum Gasteiger partial charge on any atom is 0.421 e. The molecule has 0 bridgehead atoms. The first-order chi connectivity index (χ1) is 19.4. The number of nitrogens with zero attached hydrogens (tertiary/aromatic N) is 5. The first kappa shape index (κ1) is 28.5. The van der Waals surface area contributed by atoms with E-state index in [9.17, 15) is 18.0 Å². The van der Waals surface area contributed by atoms with Gasteiger partial charge in [-0.1, -0.05) is 12.1 Å². The quantitative estimate of drug-likeness (QED) is 0.417. The van der Waals surface area contributed by atoms with Crippen LogP contribution < -0.4 is 25.2 Å². The molecule has 2 aromatic carbocycles. The van der Waals surface area contributed by atoms with E-state index in [4.69, 9.17) is 4.74 Å². The van der Waals surface area contributed by atoms with Gasteiger partial charge in [0.25, 0.3) is 0 Å². The lowest BCUT2D eigenvalue weighted by Crippen LogP contribution is -2.44. The zero-order valence-electron chi connectivity index (χ0n) is 23.8. The molecule has 0 atom stereocenters. The van der Waals surface area contributed by atoms with Crippen LogP contribution in [-0.2, 0) is 22.9 Å². The Hall–Kier alpha value is -4.06. The lowest BCUT2D eigenvalue weighted by molar-refractivity contribution is -0.137. The third-order valence-electron chi connectivity index (χ3n) is 7.79. The number of piperazine rings is 1. The number of aromatic nitrogens is 2. The zero-order chi connectivity index (χ0) is 29.5. The van der Waals surface area contributed by atoms with Crippen LogP contribution in [0, 0.1) is 0 Å². The molecule has 1 saturated heterocycles. The molecule has 5 rings (SSSR count). The number of nitrogens with one attached hydrogen (secondary N) is 2. The molecule has 1 amide bonds. The van der Waals surface area contributed by atoms with Crippen LogP contribution in [0.2, 0.25) is 0 Å². The van der Waals surface area contributed by atoms with Gasteiger partial charge in [0.2, 0.25) is 11.9 Å². The molecule has 9 nitrogen and oxygen atoms in total. The lowest BCUT2D eigenvalue weighted by Gasteiger charge is -2.34. The minimum absolute atomic E-state index is 0.0142. The van der Waals surface area contributed by atoms with Crippen molar-refractivity contribution in [3.8, 4) is 5.75 Å². The fourth-order valence-corrected chi connectivity index (χ4v) is 5.50. The van der Waals surface area contributed by atoms with E-state index < -0.39 is 17.2 Å². The minimum Gasteiger partial charge on any atom is -0.494 e. The number of halogens is 3. The number of carbonyl (C=O) groups excluding carboxylic acids is 1. The van der Waals surface area contributed by atoms with Gasteiger partial charge in [-0.15, -0.1) is 0 Å². The molecular formula is C29H34F3N7O2. The van der Waals surface area contributed by atoms with Gasteiger partial charge in [0, 0.05) is 63.4 Å².